The molecule has 0 unspecified atom stereocenters. The van der Waals surface area contributed by atoms with Gasteiger partial charge < -0.3 is 4.74 Å². The highest BCUT2D eigenvalue weighted by molar-refractivity contribution is 5.79. The van der Waals surface area contributed by atoms with E-state index in [0.29, 0.717) is 11.0 Å². The highest BCUT2D eigenvalue weighted by atomic mass is 16.8. The average molecular weight is 506 g/mol. The summed E-state index contributed by atoms with van der Waals surface area (Å²) in [5.74, 6) is -0.0163. The summed E-state index contributed by atoms with van der Waals surface area (Å²) in [5, 5.41) is 7.78. The molecule has 1 aliphatic rings. The van der Waals surface area contributed by atoms with Gasteiger partial charge in [0.1, 0.15) is 17.6 Å². The number of carbonyl (C=O) groups excluding carboxylic acids is 1. The van der Waals surface area contributed by atoms with Gasteiger partial charge in [-0.15, -0.1) is 5.10 Å². The van der Waals surface area contributed by atoms with Crippen molar-refractivity contribution in [3.05, 3.63) is 83.9 Å². The first-order valence-corrected chi connectivity index (χ1v) is 13.5. The summed E-state index contributed by atoms with van der Waals surface area (Å²) in [6, 6.07) is 23.6. The fourth-order valence-corrected chi connectivity index (χ4v) is 3.60. The fourth-order valence-electron chi connectivity index (χ4n) is 3.60. The Kier molecular flexibility index (Phi) is 15.0. The highest BCUT2D eigenvalue weighted by Gasteiger charge is 2.29. The molecule has 0 radical (unpaired) electrons. The van der Waals surface area contributed by atoms with Crippen LogP contribution in [0.4, 0.5) is 4.79 Å². The molecule has 0 saturated heterocycles. The third-order valence-electron chi connectivity index (χ3n) is 4.81. The normalized spacial score (nSPS) is 10.5. The third kappa shape index (κ3) is 8.45. The predicted molar refractivity (Wildman–Crippen MR) is 154 cm³/mol. The summed E-state index contributed by atoms with van der Waals surface area (Å²) in [6.07, 6.45) is 1.69. The molecule has 4 aromatic rings. The van der Waals surface area contributed by atoms with Crippen LogP contribution in [0.2, 0.25) is 0 Å². The van der Waals surface area contributed by atoms with Crippen molar-refractivity contribution in [2.24, 2.45) is 0 Å². The van der Waals surface area contributed by atoms with Crippen LogP contribution in [0.3, 0.4) is 0 Å². The lowest BCUT2D eigenvalue weighted by Crippen LogP contribution is -2.23. The molecule has 0 saturated carbocycles. The molecular formula is C31H43N3O3. The molecular weight excluding hydrogens is 462 g/mol. The van der Waals surface area contributed by atoms with Crippen LogP contribution < -0.4 is 4.84 Å². The Labute approximate surface area is 222 Å². The lowest BCUT2D eigenvalue weighted by atomic mass is 9.98. The van der Waals surface area contributed by atoms with E-state index in [1.54, 1.807) is 12.1 Å². The van der Waals surface area contributed by atoms with Crippen molar-refractivity contribution in [1.82, 2.24) is 15.2 Å². The van der Waals surface area contributed by atoms with Gasteiger partial charge in [-0.1, -0.05) is 134 Å². The summed E-state index contributed by atoms with van der Waals surface area (Å²) in [6.45, 7) is 16.7. The second kappa shape index (κ2) is 17.7. The van der Waals surface area contributed by atoms with Gasteiger partial charge in [0, 0.05) is 5.92 Å². The number of ether oxygens (including phenoxy) is 1. The predicted octanol–water partition coefficient (Wildman–Crippen LogP) is 8.69. The standard InChI is InChI=1S/C21H15N3O3.2C3H8.2C2H6/c25-21(27-24-20-12-6-5-11-19(20)22-23-24)26-13-18-16-9-3-1-7-14(16)15-8-2-4-10-17(15)18;2*1-3-2;2*1-2/h1-12,18H,13H2;2*3H2,1-2H3;2*1-2H3. The summed E-state index contributed by atoms with van der Waals surface area (Å²) >= 11 is 0. The van der Waals surface area contributed by atoms with E-state index in [9.17, 15) is 4.79 Å². The Hall–Kier alpha value is -3.67. The van der Waals surface area contributed by atoms with Gasteiger partial charge in [-0.2, -0.15) is 0 Å². The van der Waals surface area contributed by atoms with Crippen LogP contribution in [0.1, 0.15) is 85.3 Å². The molecule has 1 aromatic heterocycles. The van der Waals surface area contributed by atoms with Gasteiger partial charge in [0.2, 0.25) is 0 Å². The maximum absolute atomic E-state index is 12.2. The monoisotopic (exact) mass is 505 g/mol. The van der Waals surface area contributed by atoms with E-state index in [0.717, 1.165) is 16.0 Å². The molecule has 3 aromatic carbocycles. The van der Waals surface area contributed by atoms with Crippen LogP contribution >= 0.6 is 0 Å². The Morgan fingerprint density at radius 1 is 0.757 bits per heavy atom. The number of nitrogens with zero attached hydrogens (tertiary/aromatic N) is 3. The first-order chi connectivity index (χ1) is 18.1. The van der Waals surface area contributed by atoms with Gasteiger partial charge in [-0.25, -0.2) is 4.79 Å². The van der Waals surface area contributed by atoms with Crippen LogP contribution in [0.25, 0.3) is 22.2 Å². The average Bonchev–Trinajstić information content (AvgIpc) is 3.50. The van der Waals surface area contributed by atoms with Crippen LogP contribution in [0, 0.1) is 0 Å². The van der Waals surface area contributed by atoms with Crippen molar-refractivity contribution in [2.75, 3.05) is 6.61 Å². The molecule has 37 heavy (non-hydrogen) atoms. The zero-order valence-corrected chi connectivity index (χ0v) is 23.7. The minimum Gasteiger partial charge on any atom is -0.432 e. The topological polar surface area (TPSA) is 66.2 Å². The largest absolute Gasteiger partial charge is 0.535 e. The van der Waals surface area contributed by atoms with Crippen LogP contribution in [0.15, 0.2) is 72.8 Å². The lowest BCUT2D eigenvalue weighted by molar-refractivity contribution is 0.0379. The number of para-hydroxylation sites is 1. The van der Waals surface area contributed by atoms with Crippen molar-refractivity contribution in [3.8, 4) is 11.1 Å². The maximum atomic E-state index is 12.2. The Balaban J connectivity index is 0.000000606. The Morgan fingerprint density at radius 3 is 1.76 bits per heavy atom. The second-order valence-corrected chi connectivity index (χ2v) is 7.74. The lowest BCUT2D eigenvalue weighted by Gasteiger charge is -2.13. The number of rotatable bonds is 3. The first-order valence-electron chi connectivity index (χ1n) is 13.5. The molecule has 5 rings (SSSR count). The molecule has 1 aliphatic carbocycles. The molecule has 0 amide bonds. The van der Waals surface area contributed by atoms with E-state index >= 15 is 0 Å². The molecule has 1 heterocycles. The number of hydrogen-bond donors (Lipinski definition) is 0. The van der Waals surface area contributed by atoms with Crippen LogP contribution in [-0.4, -0.2) is 27.9 Å². The van der Waals surface area contributed by atoms with Crippen LogP contribution in [-0.2, 0) is 4.74 Å². The number of carbonyl (C=O) groups is 1. The van der Waals surface area contributed by atoms with Gasteiger partial charge in [-0.3, -0.25) is 4.84 Å². The van der Waals surface area contributed by atoms with Crippen molar-refractivity contribution in [1.29, 1.82) is 0 Å². The highest BCUT2D eigenvalue weighted by Crippen LogP contribution is 2.44. The minimum atomic E-state index is -0.812. The van der Waals surface area contributed by atoms with E-state index in [1.165, 1.54) is 24.0 Å². The van der Waals surface area contributed by atoms with Gasteiger partial charge in [-0.05, 0) is 39.6 Å². The number of fused-ring (bicyclic) bond motifs is 4. The molecule has 200 valence electrons. The molecule has 6 heteroatoms. The molecule has 0 fully saturated rings. The number of benzene rings is 3. The maximum Gasteiger partial charge on any atom is 0.535 e. The molecule has 0 bridgehead atoms. The zero-order chi connectivity index (χ0) is 27.6. The minimum absolute atomic E-state index is 0.0163. The molecule has 0 spiro atoms. The van der Waals surface area contributed by atoms with Crippen molar-refractivity contribution >= 4 is 17.2 Å². The SMILES string of the molecule is CC.CC.CCC.CCC.O=C(OCC1c2ccccc2-c2ccccc21)On1nnc2ccccc21. The third-order valence-corrected chi connectivity index (χ3v) is 4.81. The van der Waals surface area contributed by atoms with E-state index in [2.05, 4.69) is 62.3 Å². The van der Waals surface area contributed by atoms with Crippen molar-refractivity contribution in [2.45, 2.75) is 74.1 Å². The number of aromatic nitrogens is 3. The first kappa shape index (κ1) is 31.4. The van der Waals surface area contributed by atoms with E-state index < -0.39 is 6.16 Å². The van der Waals surface area contributed by atoms with Gasteiger partial charge in [0.05, 0.1) is 0 Å². The summed E-state index contributed by atoms with van der Waals surface area (Å²) in [7, 11) is 0. The van der Waals surface area contributed by atoms with Gasteiger partial charge in [0.25, 0.3) is 0 Å². The summed E-state index contributed by atoms with van der Waals surface area (Å²) in [5.41, 5.74) is 5.90. The smallest absolute Gasteiger partial charge is 0.432 e. The van der Waals surface area contributed by atoms with E-state index in [4.69, 9.17) is 9.57 Å². The second-order valence-electron chi connectivity index (χ2n) is 7.74. The quantitative estimate of drug-likeness (QED) is 0.206. The fraction of sp³-hybridized carbons (Fsp3) is 0.387. The summed E-state index contributed by atoms with van der Waals surface area (Å²) in [4.78, 5) is 18.5. The zero-order valence-electron chi connectivity index (χ0n) is 23.7. The van der Waals surface area contributed by atoms with Crippen molar-refractivity contribution in [3.63, 3.8) is 0 Å². The van der Waals surface area contributed by atoms with E-state index in [1.807, 2.05) is 64.1 Å². The Bertz CT molecular complexity index is 1140. The molecule has 0 atom stereocenters. The molecule has 0 aliphatic heterocycles. The van der Waals surface area contributed by atoms with E-state index in [-0.39, 0.29) is 12.5 Å². The van der Waals surface area contributed by atoms with Crippen molar-refractivity contribution < 1.29 is 14.4 Å². The molecule has 0 N–H and O–H groups in total. The van der Waals surface area contributed by atoms with Crippen LogP contribution in [0.5, 0.6) is 0 Å². The Morgan fingerprint density at radius 2 is 1.22 bits per heavy atom. The molecule has 6 nitrogen and oxygen atoms in total. The van der Waals surface area contributed by atoms with Gasteiger partial charge >= 0.3 is 6.16 Å². The number of hydrogen-bond acceptors (Lipinski definition) is 5. The summed E-state index contributed by atoms with van der Waals surface area (Å²) < 4.78 is 5.41. The van der Waals surface area contributed by atoms with Gasteiger partial charge in [0.15, 0.2) is 0 Å².